The molecule has 0 atom stereocenters. The zero-order valence-electron chi connectivity index (χ0n) is 15.0. The van der Waals surface area contributed by atoms with Gasteiger partial charge in [-0.15, -0.1) is 10.2 Å². The first-order valence-electron chi connectivity index (χ1n) is 8.37. The minimum absolute atomic E-state index is 0.205. The van der Waals surface area contributed by atoms with Gasteiger partial charge in [0.25, 0.3) is 5.56 Å². The fourth-order valence-corrected chi connectivity index (χ4v) is 2.67. The number of hydrogen-bond donors (Lipinski definition) is 2. The van der Waals surface area contributed by atoms with Gasteiger partial charge in [0, 0.05) is 11.4 Å². The fourth-order valence-electron chi connectivity index (χ4n) is 2.50. The van der Waals surface area contributed by atoms with Gasteiger partial charge in [-0.2, -0.15) is 0 Å². The molecule has 0 amide bonds. The number of nitrogens with zero attached hydrogens (tertiary/aromatic N) is 2. The third-order valence-corrected chi connectivity index (χ3v) is 4.02. The van der Waals surface area contributed by atoms with E-state index >= 15 is 0 Å². The maximum atomic E-state index is 12.3. The SMILES string of the molecule is CCOc1ccc(Cc2nnc(Nc3cc(Cl)ccc3OC)[nH]c2=O)cc1. The average Bonchev–Trinajstić information content (AvgIpc) is 2.66. The number of rotatable bonds is 7. The van der Waals surface area contributed by atoms with E-state index in [4.69, 9.17) is 21.1 Å². The molecule has 3 aromatic rings. The van der Waals surface area contributed by atoms with E-state index in [1.54, 1.807) is 25.3 Å². The standard InChI is InChI=1S/C19H19ClN4O3/c1-3-27-14-7-4-12(5-8-14)10-16-18(25)22-19(24-23-16)21-15-11-13(20)6-9-17(15)26-2/h4-9,11H,3,10H2,1-2H3,(H2,21,22,24,25). The van der Waals surface area contributed by atoms with Gasteiger partial charge in [-0.3, -0.25) is 9.78 Å². The quantitative estimate of drug-likeness (QED) is 0.645. The van der Waals surface area contributed by atoms with Crippen LogP contribution in [-0.4, -0.2) is 28.9 Å². The molecule has 0 saturated carbocycles. The summed E-state index contributed by atoms with van der Waals surface area (Å²) in [7, 11) is 1.54. The van der Waals surface area contributed by atoms with Gasteiger partial charge in [-0.25, -0.2) is 0 Å². The van der Waals surface area contributed by atoms with E-state index in [9.17, 15) is 4.79 Å². The smallest absolute Gasteiger partial charge is 0.274 e. The van der Waals surface area contributed by atoms with E-state index in [-0.39, 0.29) is 11.5 Å². The Hall–Kier alpha value is -3.06. The van der Waals surface area contributed by atoms with Crippen LogP contribution >= 0.6 is 11.6 Å². The van der Waals surface area contributed by atoms with Crippen molar-refractivity contribution < 1.29 is 9.47 Å². The molecule has 0 spiro atoms. The summed E-state index contributed by atoms with van der Waals surface area (Å²) < 4.78 is 10.7. The second-order valence-corrected chi connectivity index (χ2v) is 6.11. The lowest BCUT2D eigenvalue weighted by Gasteiger charge is -2.10. The molecule has 2 aromatic carbocycles. The summed E-state index contributed by atoms with van der Waals surface area (Å²) in [5.74, 6) is 1.56. The monoisotopic (exact) mass is 386 g/mol. The van der Waals surface area contributed by atoms with Gasteiger partial charge >= 0.3 is 0 Å². The number of methoxy groups -OCH3 is 1. The van der Waals surface area contributed by atoms with Crippen LogP contribution in [0.3, 0.4) is 0 Å². The summed E-state index contributed by atoms with van der Waals surface area (Å²) in [6.07, 6.45) is 0.371. The van der Waals surface area contributed by atoms with Gasteiger partial charge in [0.15, 0.2) is 0 Å². The van der Waals surface area contributed by atoms with E-state index in [0.717, 1.165) is 11.3 Å². The molecule has 1 aromatic heterocycles. The predicted octanol–water partition coefficient (Wildman–Crippen LogP) is 3.56. The third-order valence-electron chi connectivity index (χ3n) is 3.79. The Morgan fingerprint density at radius 2 is 1.93 bits per heavy atom. The van der Waals surface area contributed by atoms with E-state index in [2.05, 4.69) is 20.5 Å². The van der Waals surface area contributed by atoms with Crippen LogP contribution in [0.4, 0.5) is 11.6 Å². The molecule has 0 radical (unpaired) electrons. The van der Waals surface area contributed by atoms with E-state index < -0.39 is 0 Å². The molecule has 7 nitrogen and oxygen atoms in total. The Morgan fingerprint density at radius 1 is 1.15 bits per heavy atom. The number of H-pyrrole nitrogens is 1. The van der Waals surface area contributed by atoms with Gasteiger partial charge in [-0.1, -0.05) is 23.7 Å². The van der Waals surface area contributed by atoms with Crippen molar-refractivity contribution in [3.63, 3.8) is 0 Å². The minimum atomic E-state index is -0.317. The highest BCUT2D eigenvalue weighted by molar-refractivity contribution is 6.30. The molecule has 0 bridgehead atoms. The molecule has 1 heterocycles. The van der Waals surface area contributed by atoms with Crippen LogP contribution in [0.2, 0.25) is 5.02 Å². The predicted molar refractivity (Wildman–Crippen MR) is 104 cm³/mol. The molecule has 2 N–H and O–H groups in total. The first-order valence-corrected chi connectivity index (χ1v) is 8.75. The summed E-state index contributed by atoms with van der Waals surface area (Å²) >= 11 is 6.01. The first-order chi connectivity index (χ1) is 13.1. The van der Waals surface area contributed by atoms with Crippen molar-refractivity contribution in [3.05, 3.63) is 69.1 Å². The first kappa shape index (κ1) is 18.7. The molecule has 0 saturated heterocycles. The molecule has 140 valence electrons. The van der Waals surface area contributed by atoms with Gasteiger partial charge in [0.2, 0.25) is 5.95 Å². The van der Waals surface area contributed by atoms with Crippen molar-refractivity contribution in [2.45, 2.75) is 13.3 Å². The number of anilines is 2. The second kappa shape index (κ2) is 8.55. The molecule has 8 heteroatoms. The van der Waals surface area contributed by atoms with Crippen molar-refractivity contribution in [2.24, 2.45) is 0 Å². The highest BCUT2D eigenvalue weighted by Gasteiger charge is 2.09. The molecular formula is C19H19ClN4O3. The van der Waals surface area contributed by atoms with Crippen molar-refractivity contribution >= 4 is 23.2 Å². The van der Waals surface area contributed by atoms with Crippen molar-refractivity contribution in [1.29, 1.82) is 0 Å². The molecule has 27 heavy (non-hydrogen) atoms. The Morgan fingerprint density at radius 3 is 2.59 bits per heavy atom. The van der Waals surface area contributed by atoms with Crippen molar-refractivity contribution in [2.75, 3.05) is 19.0 Å². The van der Waals surface area contributed by atoms with Crippen LogP contribution in [0.25, 0.3) is 0 Å². The number of halogens is 1. The lowest BCUT2D eigenvalue weighted by atomic mass is 10.1. The third kappa shape index (κ3) is 4.77. The Balaban J connectivity index is 1.76. The molecule has 3 rings (SSSR count). The number of hydrogen-bond acceptors (Lipinski definition) is 6. The normalized spacial score (nSPS) is 10.5. The van der Waals surface area contributed by atoms with Crippen LogP contribution in [0.1, 0.15) is 18.2 Å². The summed E-state index contributed by atoms with van der Waals surface area (Å²) in [4.78, 5) is 15.0. The number of ether oxygens (including phenoxy) is 2. The van der Waals surface area contributed by atoms with Crippen LogP contribution < -0.4 is 20.3 Å². The summed E-state index contributed by atoms with van der Waals surface area (Å²) in [6.45, 7) is 2.54. The average molecular weight is 387 g/mol. The molecule has 0 unspecified atom stereocenters. The molecular weight excluding hydrogens is 368 g/mol. The lowest BCUT2D eigenvalue weighted by Crippen LogP contribution is -2.19. The van der Waals surface area contributed by atoms with Crippen LogP contribution in [0.5, 0.6) is 11.5 Å². The number of benzene rings is 2. The highest BCUT2D eigenvalue weighted by atomic mass is 35.5. The largest absolute Gasteiger partial charge is 0.495 e. The van der Waals surface area contributed by atoms with Crippen molar-refractivity contribution in [1.82, 2.24) is 15.2 Å². The summed E-state index contributed by atoms with van der Waals surface area (Å²) in [5.41, 5.74) is 1.52. The number of aromatic nitrogens is 3. The zero-order chi connectivity index (χ0) is 19.2. The summed E-state index contributed by atoms with van der Waals surface area (Å²) in [6, 6.07) is 12.6. The van der Waals surface area contributed by atoms with Crippen LogP contribution in [-0.2, 0) is 6.42 Å². The second-order valence-electron chi connectivity index (χ2n) is 5.67. The molecule has 0 aliphatic rings. The van der Waals surface area contributed by atoms with Crippen LogP contribution in [0.15, 0.2) is 47.3 Å². The van der Waals surface area contributed by atoms with Gasteiger partial charge < -0.3 is 14.8 Å². The lowest BCUT2D eigenvalue weighted by molar-refractivity contribution is 0.340. The minimum Gasteiger partial charge on any atom is -0.495 e. The zero-order valence-corrected chi connectivity index (χ0v) is 15.7. The van der Waals surface area contributed by atoms with Crippen LogP contribution in [0, 0.1) is 0 Å². The maximum absolute atomic E-state index is 12.3. The van der Waals surface area contributed by atoms with Gasteiger partial charge in [0.1, 0.15) is 17.2 Å². The van der Waals surface area contributed by atoms with Gasteiger partial charge in [-0.05, 0) is 42.8 Å². The Labute approximate surface area is 161 Å². The molecule has 0 fully saturated rings. The topological polar surface area (TPSA) is 89.1 Å². The number of aromatic amines is 1. The van der Waals surface area contributed by atoms with E-state index in [1.807, 2.05) is 31.2 Å². The van der Waals surface area contributed by atoms with Crippen molar-refractivity contribution in [3.8, 4) is 11.5 Å². The fraction of sp³-hybridized carbons (Fsp3) is 0.211. The molecule has 0 aliphatic carbocycles. The summed E-state index contributed by atoms with van der Waals surface area (Å²) in [5, 5.41) is 11.6. The van der Waals surface area contributed by atoms with E-state index in [1.165, 1.54) is 0 Å². The maximum Gasteiger partial charge on any atom is 0.274 e. The Bertz CT molecular complexity index is 973. The van der Waals surface area contributed by atoms with E-state index in [0.29, 0.717) is 35.2 Å². The highest BCUT2D eigenvalue weighted by Crippen LogP contribution is 2.29. The Kier molecular flexibility index (Phi) is 5.93. The van der Waals surface area contributed by atoms with Gasteiger partial charge in [0.05, 0.1) is 19.4 Å². The molecule has 0 aliphatic heterocycles. The number of nitrogens with one attached hydrogen (secondary N) is 2.